The Morgan fingerprint density at radius 1 is 1.06 bits per heavy atom. The summed E-state index contributed by atoms with van der Waals surface area (Å²) in [6.07, 6.45) is 1.50. The van der Waals surface area contributed by atoms with E-state index in [-0.39, 0.29) is 17.9 Å². The molecule has 32 heavy (non-hydrogen) atoms. The average Bonchev–Trinajstić information content (AvgIpc) is 3.41. The lowest BCUT2D eigenvalue weighted by molar-refractivity contribution is -0.140. The average molecular weight is 433 g/mol. The van der Waals surface area contributed by atoms with E-state index in [1.807, 2.05) is 19.1 Å². The molecule has 1 amide bonds. The summed E-state index contributed by atoms with van der Waals surface area (Å²) in [5, 5.41) is 11.1. The lowest BCUT2D eigenvalue weighted by Gasteiger charge is -2.26. The first-order valence-corrected chi connectivity index (χ1v) is 10.0. The Morgan fingerprint density at radius 3 is 2.44 bits per heavy atom. The summed E-state index contributed by atoms with van der Waals surface area (Å²) in [7, 11) is 3.03. The normalized spacial score (nSPS) is 17.6. The number of amides is 1. The summed E-state index contributed by atoms with van der Waals surface area (Å²) in [5.41, 5.74) is 1.95. The zero-order valence-electron chi connectivity index (χ0n) is 18.0. The Bertz CT molecular complexity index is 1180. The van der Waals surface area contributed by atoms with E-state index in [0.29, 0.717) is 28.4 Å². The molecule has 1 N–H and O–H groups in total. The summed E-state index contributed by atoms with van der Waals surface area (Å²) in [4.78, 5) is 27.6. The number of hydrogen-bond donors (Lipinski definition) is 1. The molecule has 1 aliphatic rings. The minimum Gasteiger partial charge on any atom is -0.507 e. The van der Waals surface area contributed by atoms with Crippen molar-refractivity contribution in [3.8, 4) is 11.5 Å². The number of Topliss-reactive ketones (excluding diaryl/α,β-unsaturated/α-hetero) is 1. The zero-order chi connectivity index (χ0) is 22.8. The van der Waals surface area contributed by atoms with Crippen LogP contribution < -0.4 is 9.47 Å². The second kappa shape index (κ2) is 8.63. The van der Waals surface area contributed by atoms with Gasteiger partial charge in [0.1, 0.15) is 23.0 Å². The molecule has 1 atom stereocenters. The van der Waals surface area contributed by atoms with Gasteiger partial charge >= 0.3 is 0 Å². The first-order chi connectivity index (χ1) is 15.4. The zero-order valence-corrected chi connectivity index (χ0v) is 18.0. The van der Waals surface area contributed by atoms with Crippen molar-refractivity contribution < 1.29 is 28.6 Å². The fourth-order valence-electron chi connectivity index (χ4n) is 3.86. The van der Waals surface area contributed by atoms with Crippen LogP contribution in [0.1, 0.15) is 28.5 Å². The van der Waals surface area contributed by atoms with E-state index < -0.39 is 17.7 Å². The summed E-state index contributed by atoms with van der Waals surface area (Å²) < 4.78 is 16.3. The van der Waals surface area contributed by atoms with Crippen LogP contribution in [-0.4, -0.2) is 35.9 Å². The van der Waals surface area contributed by atoms with Gasteiger partial charge < -0.3 is 23.9 Å². The summed E-state index contributed by atoms with van der Waals surface area (Å²) in [5.74, 6) is -0.264. The molecule has 164 valence electrons. The number of carbonyl (C=O) groups excluding carboxylic acids is 2. The number of nitrogens with zero attached hydrogens (tertiary/aromatic N) is 1. The van der Waals surface area contributed by atoms with Crippen molar-refractivity contribution in [2.24, 2.45) is 0 Å². The number of ether oxygens (including phenoxy) is 2. The van der Waals surface area contributed by atoms with Crippen LogP contribution in [0.15, 0.2) is 70.9 Å². The van der Waals surface area contributed by atoms with Crippen LogP contribution in [0.2, 0.25) is 0 Å². The van der Waals surface area contributed by atoms with Gasteiger partial charge in [-0.25, -0.2) is 0 Å². The number of likely N-dealkylation sites (tertiary alicyclic amines) is 1. The van der Waals surface area contributed by atoms with Gasteiger partial charge in [0.15, 0.2) is 0 Å². The highest BCUT2D eigenvalue weighted by Crippen LogP contribution is 2.44. The fourth-order valence-corrected chi connectivity index (χ4v) is 3.86. The molecule has 7 nitrogen and oxygen atoms in total. The number of carbonyl (C=O) groups is 2. The summed E-state index contributed by atoms with van der Waals surface area (Å²) >= 11 is 0. The molecule has 3 aromatic rings. The van der Waals surface area contributed by atoms with E-state index in [4.69, 9.17) is 13.9 Å². The van der Waals surface area contributed by atoms with Crippen LogP contribution in [0.5, 0.6) is 11.5 Å². The number of hydrogen-bond acceptors (Lipinski definition) is 6. The van der Waals surface area contributed by atoms with Crippen LogP contribution in [0.3, 0.4) is 0 Å². The van der Waals surface area contributed by atoms with E-state index in [9.17, 15) is 14.7 Å². The van der Waals surface area contributed by atoms with Gasteiger partial charge in [0, 0.05) is 11.1 Å². The number of benzene rings is 2. The molecule has 0 saturated carbocycles. The van der Waals surface area contributed by atoms with Gasteiger partial charge in [0.2, 0.25) is 0 Å². The number of aliphatic hydroxyl groups excluding tert-OH is 1. The smallest absolute Gasteiger partial charge is 0.296 e. The van der Waals surface area contributed by atoms with Crippen molar-refractivity contribution in [3.05, 3.63) is 88.9 Å². The number of rotatable bonds is 6. The van der Waals surface area contributed by atoms with Gasteiger partial charge in [0.05, 0.1) is 38.6 Å². The number of methoxy groups -OCH3 is 2. The third kappa shape index (κ3) is 3.73. The minimum absolute atomic E-state index is 0.0167. The standard InChI is InChI=1S/C25H23NO6/c1-15-6-8-16(9-7-15)23(27)21-22(19-13-17(30-2)10-11-20(19)31-3)26(25(29)24(21)28)14-18-5-4-12-32-18/h4-13,22,27H,14H2,1-3H3/t22-/m1/s1. The molecule has 0 unspecified atom stereocenters. The Hall–Kier alpha value is -4.00. The highest BCUT2D eigenvalue weighted by atomic mass is 16.5. The van der Waals surface area contributed by atoms with Gasteiger partial charge in [-0.1, -0.05) is 29.8 Å². The Balaban J connectivity index is 1.93. The maximum Gasteiger partial charge on any atom is 0.296 e. The van der Waals surface area contributed by atoms with Crippen molar-refractivity contribution in [1.29, 1.82) is 0 Å². The monoisotopic (exact) mass is 433 g/mol. The molecule has 1 aromatic heterocycles. The Labute approximate surface area is 185 Å². The highest BCUT2D eigenvalue weighted by molar-refractivity contribution is 6.46. The van der Waals surface area contributed by atoms with E-state index in [0.717, 1.165) is 5.56 Å². The van der Waals surface area contributed by atoms with E-state index in [1.54, 1.807) is 42.5 Å². The number of furan rings is 1. The van der Waals surface area contributed by atoms with Crippen molar-refractivity contribution in [1.82, 2.24) is 4.90 Å². The molecule has 2 heterocycles. The molecule has 1 saturated heterocycles. The Kier molecular flexibility index (Phi) is 5.73. The fraction of sp³-hybridized carbons (Fsp3) is 0.200. The molecule has 0 aliphatic carbocycles. The first-order valence-electron chi connectivity index (χ1n) is 10.0. The lowest BCUT2D eigenvalue weighted by atomic mass is 9.94. The van der Waals surface area contributed by atoms with Gasteiger partial charge in [-0.05, 0) is 37.3 Å². The van der Waals surface area contributed by atoms with Crippen molar-refractivity contribution >= 4 is 17.4 Å². The maximum absolute atomic E-state index is 13.2. The van der Waals surface area contributed by atoms with Gasteiger partial charge in [-0.2, -0.15) is 0 Å². The van der Waals surface area contributed by atoms with Crippen LogP contribution in [-0.2, 0) is 16.1 Å². The number of ketones is 1. The first kappa shape index (κ1) is 21.2. The number of aryl methyl sites for hydroxylation is 1. The quantitative estimate of drug-likeness (QED) is 0.356. The maximum atomic E-state index is 13.2. The Morgan fingerprint density at radius 2 is 1.81 bits per heavy atom. The van der Waals surface area contributed by atoms with Crippen LogP contribution in [0.25, 0.3) is 5.76 Å². The second-order valence-corrected chi connectivity index (χ2v) is 7.48. The molecule has 2 aromatic carbocycles. The van der Waals surface area contributed by atoms with Crippen LogP contribution >= 0.6 is 0 Å². The topological polar surface area (TPSA) is 89.2 Å². The third-order valence-electron chi connectivity index (χ3n) is 5.50. The SMILES string of the molecule is COc1ccc(OC)c([C@@H]2C(=C(O)c3ccc(C)cc3)C(=O)C(=O)N2Cc2ccco2)c1. The molecule has 0 radical (unpaired) electrons. The largest absolute Gasteiger partial charge is 0.507 e. The molecular formula is C25H23NO6. The van der Waals surface area contributed by atoms with Crippen LogP contribution in [0, 0.1) is 6.92 Å². The predicted molar refractivity (Wildman–Crippen MR) is 117 cm³/mol. The molecular weight excluding hydrogens is 410 g/mol. The van der Waals surface area contributed by atoms with Gasteiger partial charge in [-0.3, -0.25) is 9.59 Å². The number of aliphatic hydroxyl groups is 1. The highest BCUT2D eigenvalue weighted by Gasteiger charge is 2.47. The predicted octanol–water partition coefficient (Wildman–Crippen LogP) is 4.23. The molecule has 0 bridgehead atoms. The molecule has 1 fully saturated rings. The van der Waals surface area contributed by atoms with Crippen LogP contribution in [0.4, 0.5) is 0 Å². The van der Waals surface area contributed by atoms with E-state index in [1.165, 1.54) is 25.4 Å². The van der Waals surface area contributed by atoms with Crippen molar-refractivity contribution in [3.63, 3.8) is 0 Å². The third-order valence-corrected chi connectivity index (χ3v) is 5.50. The molecule has 1 aliphatic heterocycles. The minimum atomic E-state index is -0.897. The molecule has 0 spiro atoms. The van der Waals surface area contributed by atoms with Crippen molar-refractivity contribution in [2.75, 3.05) is 14.2 Å². The van der Waals surface area contributed by atoms with Gasteiger partial charge in [-0.15, -0.1) is 0 Å². The lowest BCUT2D eigenvalue weighted by Crippen LogP contribution is -2.29. The summed E-state index contributed by atoms with van der Waals surface area (Å²) in [6, 6.07) is 14.7. The molecule has 7 heteroatoms. The summed E-state index contributed by atoms with van der Waals surface area (Å²) in [6.45, 7) is 1.97. The van der Waals surface area contributed by atoms with Gasteiger partial charge in [0.25, 0.3) is 11.7 Å². The van der Waals surface area contributed by atoms with E-state index >= 15 is 0 Å². The van der Waals surface area contributed by atoms with Crippen molar-refractivity contribution in [2.45, 2.75) is 19.5 Å². The second-order valence-electron chi connectivity index (χ2n) is 7.48. The van der Waals surface area contributed by atoms with E-state index in [2.05, 4.69) is 0 Å². The molecule has 4 rings (SSSR count).